The fourth-order valence-electron chi connectivity index (χ4n) is 9.96. The van der Waals surface area contributed by atoms with E-state index >= 15 is 0 Å². The lowest BCUT2D eigenvalue weighted by molar-refractivity contribution is 0.661. The zero-order valence-electron chi connectivity index (χ0n) is 34.5. The molecular formula is C59H41N3. The van der Waals surface area contributed by atoms with E-state index in [-0.39, 0.29) is 5.41 Å². The maximum atomic E-state index is 5.33. The van der Waals surface area contributed by atoms with Gasteiger partial charge in [0.15, 0.2) is 5.82 Å². The van der Waals surface area contributed by atoms with Crippen LogP contribution in [0, 0.1) is 0 Å². The van der Waals surface area contributed by atoms with Gasteiger partial charge in [0.05, 0.1) is 22.4 Å². The topological polar surface area (TPSA) is 30.7 Å². The zero-order chi connectivity index (χ0) is 41.4. The molecule has 1 aliphatic carbocycles. The van der Waals surface area contributed by atoms with Gasteiger partial charge in [-0.15, -0.1) is 0 Å². The van der Waals surface area contributed by atoms with Crippen molar-refractivity contribution in [2.24, 2.45) is 0 Å². The highest BCUT2D eigenvalue weighted by atomic mass is 15.0. The van der Waals surface area contributed by atoms with E-state index in [0.717, 1.165) is 44.9 Å². The SMILES string of the molecule is CC1(C)c2cc3ccccc3cc2-c2c(-c3cccc(-c4cc(-c5ccccc5-c5ccc6c7ccccc7n(-c7ccccc7)c6c5)nc(-c5ccccc5)n4)c3)cccc21. The van der Waals surface area contributed by atoms with Crippen molar-refractivity contribution in [3.63, 3.8) is 0 Å². The molecule has 292 valence electrons. The van der Waals surface area contributed by atoms with E-state index < -0.39 is 0 Å². The van der Waals surface area contributed by atoms with E-state index in [1.54, 1.807) is 0 Å². The fraction of sp³-hybridized carbons (Fsp3) is 0.0508. The summed E-state index contributed by atoms with van der Waals surface area (Å²) in [6.07, 6.45) is 0. The van der Waals surface area contributed by atoms with E-state index in [0.29, 0.717) is 5.82 Å². The number of para-hydroxylation sites is 2. The molecule has 9 aromatic carbocycles. The first kappa shape index (κ1) is 36.0. The molecule has 0 atom stereocenters. The Balaban J connectivity index is 1.02. The lowest BCUT2D eigenvalue weighted by Gasteiger charge is -2.22. The summed E-state index contributed by atoms with van der Waals surface area (Å²) in [6.45, 7) is 4.72. The minimum absolute atomic E-state index is 0.121. The minimum atomic E-state index is -0.121. The van der Waals surface area contributed by atoms with Crippen LogP contribution < -0.4 is 0 Å². The van der Waals surface area contributed by atoms with Crippen LogP contribution in [0.1, 0.15) is 25.0 Å². The quantitative estimate of drug-likeness (QED) is 0.168. The maximum absolute atomic E-state index is 5.33. The van der Waals surface area contributed by atoms with Crippen molar-refractivity contribution in [1.29, 1.82) is 0 Å². The van der Waals surface area contributed by atoms with Gasteiger partial charge >= 0.3 is 0 Å². The molecule has 0 bridgehead atoms. The number of nitrogens with zero attached hydrogens (tertiary/aromatic N) is 3. The molecule has 0 N–H and O–H groups in total. The zero-order valence-corrected chi connectivity index (χ0v) is 34.5. The van der Waals surface area contributed by atoms with Crippen LogP contribution in [0.15, 0.2) is 212 Å². The Morgan fingerprint density at radius 2 is 0.984 bits per heavy atom. The van der Waals surface area contributed by atoms with Gasteiger partial charge < -0.3 is 4.57 Å². The Morgan fingerprint density at radius 3 is 1.82 bits per heavy atom. The van der Waals surface area contributed by atoms with E-state index in [4.69, 9.17) is 9.97 Å². The summed E-state index contributed by atoms with van der Waals surface area (Å²) in [4.78, 5) is 10.6. The van der Waals surface area contributed by atoms with Gasteiger partial charge in [-0.05, 0) is 104 Å². The monoisotopic (exact) mass is 791 g/mol. The van der Waals surface area contributed by atoms with Crippen molar-refractivity contribution in [3.8, 4) is 73.0 Å². The molecule has 3 nitrogen and oxygen atoms in total. The molecule has 0 amide bonds. The van der Waals surface area contributed by atoms with Crippen LogP contribution in [0.2, 0.25) is 0 Å². The first-order valence-corrected chi connectivity index (χ1v) is 21.4. The molecule has 11 aromatic rings. The van der Waals surface area contributed by atoms with E-state index in [9.17, 15) is 0 Å². The van der Waals surface area contributed by atoms with Gasteiger partial charge in [-0.1, -0.05) is 178 Å². The Morgan fingerprint density at radius 1 is 0.371 bits per heavy atom. The number of rotatable bonds is 6. The maximum Gasteiger partial charge on any atom is 0.160 e. The van der Waals surface area contributed by atoms with Gasteiger partial charge in [-0.3, -0.25) is 0 Å². The van der Waals surface area contributed by atoms with Crippen LogP contribution in [0.25, 0.3) is 106 Å². The third-order valence-corrected chi connectivity index (χ3v) is 13.0. The summed E-state index contributed by atoms with van der Waals surface area (Å²) >= 11 is 0. The van der Waals surface area contributed by atoms with E-state index in [2.05, 4.69) is 225 Å². The number of aromatic nitrogens is 3. The van der Waals surface area contributed by atoms with E-state index in [1.165, 1.54) is 66.0 Å². The molecule has 0 saturated carbocycles. The second-order valence-corrected chi connectivity index (χ2v) is 17.0. The highest BCUT2D eigenvalue weighted by Crippen LogP contribution is 2.53. The van der Waals surface area contributed by atoms with Crippen LogP contribution >= 0.6 is 0 Å². The second kappa shape index (κ2) is 14.1. The van der Waals surface area contributed by atoms with E-state index in [1.807, 2.05) is 6.07 Å². The number of fused-ring (bicyclic) bond motifs is 7. The lowest BCUT2D eigenvalue weighted by Crippen LogP contribution is -2.14. The van der Waals surface area contributed by atoms with Crippen molar-refractivity contribution in [3.05, 3.63) is 223 Å². The number of hydrogen-bond acceptors (Lipinski definition) is 2. The van der Waals surface area contributed by atoms with Crippen LogP contribution in [0.3, 0.4) is 0 Å². The average molecular weight is 792 g/mol. The van der Waals surface area contributed by atoms with Gasteiger partial charge in [0, 0.05) is 38.6 Å². The smallest absolute Gasteiger partial charge is 0.160 e. The van der Waals surface area contributed by atoms with Gasteiger partial charge in [-0.25, -0.2) is 9.97 Å². The summed E-state index contributed by atoms with van der Waals surface area (Å²) in [5, 5.41) is 5.01. The molecule has 0 aliphatic heterocycles. The van der Waals surface area contributed by atoms with Gasteiger partial charge in [0.1, 0.15) is 0 Å². The minimum Gasteiger partial charge on any atom is -0.309 e. The van der Waals surface area contributed by atoms with Crippen LogP contribution in [0.5, 0.6) is 0 Å². The Kier molecular flexibility index (Phi) is 8.20. The Bertz CT molecular complexity index is 3540. The third-order valence-electron chi connectivity index (χ3n) is 13.0. The molecule has 0 unspecified atom stereocenters. The summed E-state index contributed by atoms with van der Waals surface area (Å²) < 4.78 is 2.38. The first-order chi connectivity index (χ1) is 30.5. The molecule has 2 aromatic heterocycles. The van der Waals surface area contributed by atoms with Crippen molar-refractivity contribution in [2.75, 3.05) is 0 Å². The highest BCUT2D eigenvalue weighted by molar-refractivity contribution is 6.10. The number of hydrogen-bond donors (Lipinski definition) is 0. The summed E-state index contributed by atoms with van der Waals surface area (Å²) in [5.41, 5.74) is 18.2. The van der Waals surface area contributed by atoms with Crippen LogP contribution in [-0.2, 0) is 5.41 Å². The van der Waals surface area contributed by atoms with Crippen LogP contribution in [-0.4, -0.2) is 14.5 Å². The molecular weight excluding hydrogens is 751 g/mol. The van der Waals surface area contributed by atoms with Gasteiger partial charge in [-0.2, -0.15) is 0 Å². The summed E-state index contributed by atoms with van der Waals surface area (Å²) in [6, 6.07) is 76.6. The van der Waals surface area contributed by atoms with Crippen LogP contribution in [0.4, 0.5) is 0 Å². The largest absolute Gasteiger partial charge is 0.309 e. The van der Waals surface area contributed by atoms with Crippen molar-refractivity contribution >= 4 is 32.6 Å². The molecule has 0 spiro atoms. The van der Waals surface area contributed by atoms with Crippen molar-refractivity contribution < 1.29 is 0 Å². The highest BCUT2D eigenvalue weighted by Gasteiger charge is 2.37. The molecule has 0 radical (unpaired) electrons. The molecule has 0 fully saturated rings. The summed E-state index contributed by atoms with van der Waals surface area (Å²) in [7, 11) is 0. The Labute approximate surface area is 361 Å². The van der Waals surface area contributed by atoms with Gasteiger partial charge in [0.2, 0.25) is 0 Å². The van der Waals surface area contributed by atoms with Gasteiger partial charge in [0.25, 0.3) is 0 Å². The predicted molar refractivity (Wildman–Crippen MR) is 259 cm³/mol. The number of benzene rings is 9. The fourth-order valence-corrected chi connectivity index (χ4v) is 9.96. The molecule has 1 aliphatic rings. The molecule has 2 heterocycles. The third kappa shape index (κ3) is 5.73. The molecule has 0 saturated heterocycles. The Hall–Kier alpha value is -7.88. The second-order valence-electron chi connectivity index (χ2n) is 17.0. The van der Waals surface area contributed by atoms with Crippen molar-refractivity contribution in [2.45, 2.75) is 19.3 Å². The first-order valence-electron chi connectivity index (χ1n) is 21.4. The summed E-state index contributed by atoms with van der Waals surface area (Å²) in [5.74, 6) is 0.695. The van der Waals surface area contributed by atoms with Crippen molar-refractivity contribution in [1.82, 2.24) is 14.5 Å². The average Bonchev–Trinajstić information content (AvgIpc) is 3.78. The lowest BCUT2D eigenvalue weighted by atomic mass is 9.81. The molecule has 12 rings (SSSR count). The standard InChI is InChI=1S/C59H41N3/c1-59(2)51-29-16-28-46(57(51)50-34-39-19-9-10-20-40(39)35-52(50)59)41-21-15-22-43(33-41)53-37-54(61-58(60-53)38-17-5-3-6-18-38)47-26-12-11-25-45(47)42-31-32-49-48-27-13-14-30-55(48)62(56(49)36-42)44-23-7-4-8-24-44/h3-37H,1-2H3. The molecule has 62 heavy (non-hydrogen) atoms. The molecule has 3 heteroatoms. The normalized spacial score (nSPS) is 12.8. The predicted octanol–water partition coefficient (Wildman–Crippen LogP) is 15.4.